The van der Waals surface area contributed by atoms with Crippen molar-refractivity contribution >= 4 is 23.6 Å². The van der Waals surface area contributed by atoms with Gasteiger partial charge in [0, 0.05) is 89.7 Å². The number of rotatable bonds is 31. The van der Waals surface area contributed by atoms with E-state index in [0.717, 1.165) is 41.2 Å². The Morgan fingerprint density at radius 1 is 0.286 bits per heavy atom. The number of nitrogens with one attached hydrogen (secondary N) is 4. The molecule has 0 bridgehead atoms. The van der Waals surface area contributed by atoms with Crippen LogP contribution in [0.2, 0.25) is 0 Å². The first-order valence-corrected chi connectivity index (χ1v) is 27.2. The lowest BCUT2D eigenvalue weighted by atomic mass is 10.2. The van der Waals surface area contributed by atoms with Crippen molar-refractivity contribution in [1.82, 2.24) is 50.0 Å². The first-order chi connectivity index (χ1) is 41.0. The zero-order valence-electron chi connectivity index (χ0n) is 46.0. The highest BCUT2D eigenvalue weighted by atomic mass is 16.7. The minimum absolute atomic E-state index is 0.0265. The van der Waals surface area contributed by atoms with Crippen LogP contribution in [0, 0.1) is 0 Å². The number of carbonyl (C=O) groups excluding carboxylic acids is 4. The molecule has 84 heavy (non-hydrogen) atoms. The molecule has 4 aromatic heterocycles. The quantitative estimate of drug-likeness (QED) is 0.0488. The monoisotopic (exact) mass is 1140 g/mol. The highest BCUT2D eigenvalue weighted by Crippen LogP contribution is 2.07. The van der Waals surface area contributed by atoms with Crippen LogP contribution in [0.4, 0.5) is 0 Å². The third kappa shape index (κ3) is 17.6. The van der Waals surface area contributed by atoms with Gasteiger partial charge in [-0.25, -0.2) is 0 Å². The fourth-order valence-corrected chi connectivity index (χ4v) is 8.59. The van der Waals surface area contributed by atoms with Crippen molar-refractivity contribution in [2.45, 2.75) is 26.4 Å². The second kappa shape index (κ2) is 31.0. The van der Waals surface area contributed by atoms with Crippen LogP contribution in [0.1, 0.15) is 64.2 Å². The Labute approximate surface area is 482 Å². The molecule has 22 nitrogen and oxygen atoms in total. The van der Waals surface area contributed by atoms with Gasteiger partial charge in [-0.05, 0) is 46.5 Å². The molecule has 4 N–H and O–H groups in total. The van der Waals surface area contributed by atoms with Crippen molar-refractivity contribution < 1.29 is 38.5 Å². The Morgan fingerprint density at radius 3 is 0.714 bits per heavy atom. The van der Waals surface area contributed by atoms with Crippen LogP contribution in [0.5, 0.6) is 0 Å². The summed E-state index contributed by atoms with van der Waals surface area (Å²) in [6.07, 6.45) is 0. The van der Waals surface area contributed by atoms with Gasteiger partial charge in [0.2, 0.25) is 0 Å². The summed E-state index contributed by atoms with van der Waals surface area (Å²) in [6, 6.07) is 53.6. The summed E-state index contributed by atoms with van der Waals surface area (Å²) in [5.41, 5.74) is 0.878. The van der Waals surface area contributed by atoms with Gasteiger partial charge in [0.05, 0.1) is 0 Å². The van der Waals surface area contributed by atoms with Crippen molar-refractivity contribution in [1.29, 1.82) is 0 Å². The molecule has 434 valence electrons. The van der Waals surface area contributed by atoms with Gasteiger partial charge in [-0.15, -0.1) is 18.9 Å². The van der Waals surface area contributed by atoms with E-state index in [2.05, 4.69) is 21.3 Å². The second-order valence-electron chi connectivity index (χ2n) is 18.9. The van der Waals surface area contributed by atoms with Crippen LogP contribution >= 0.6 is 0 Å². The number of amides is 4. The van der Waals surface area contributed by atoms with Gasteiger partial charge in [0.15, 0.2) is 0 Å². The van der Waals surface area contributed by atoms with E-state index in [1.165, 1.54) is 72.8 Å². The molecule has 0 radical (unpaired) electrons. The average Bonchev–Trinajstić information content (AvgIpc) is 3.72. The van der Waals surface area contributed by atoms with E-state index in [0.29, 0.717) is 13.1 Å². The standard InChI is InChI=1S/C62H64N10O12/c73-55-29-13-25-51(69(55)81-43-47-17-5-1-6-18-47)59(77)63-33-37-67(38-34-64-60(78)52-26-14-30-56(74)70(52)82-44-48-19-7-2-8-20-48)41-42-68(39-35-65-61(79)53-27-15-31-57(75)71(53)83-45-49-21-9-3-10-22-49)40-36-66-62(80)54-28-16-32-58(76)72(54)84-46-50-23-11-4-12-24-50/h1-32H,33-46H2,(H,63,77)(H,64,78)(H,65,79)(H,66,80). The number of hydrogen-bond acceptors (Lipinski definition) is 14. The van der Waals surface area contributed by atoms with Crippen molar-refractivity contribution in [2.75, 3.05) is 65.4 Å². The normalized spacial score (nSPS) is 10.9. The lowest BCUT2D eigenvalue weighted by molar-refractivity contribution is 0.0696. The van der Waals surface area contributed by atoms with Gasteiger partial charge >= 0.3 is 0 Å². The lowest BCUT2D eigenvalue weighted by Gasteiger charge is -2.28. The van der Waals surface area contributed by atoms with Crippen LogP contribution in [0.25, 0.3) is 0 Å². The van der Waals surface area contributed by atoms with E-state index in [4.69, 9.17) is 19.4 Å². The number of benzene rings is 4. The molecule has 0 aliphatic heterocycles. The first-order valence-electron chi connectivity index (χ1n) is 27.2. The highest BCUT2D eigenvalue weighted by Gasteiger charge is 2.20. The molecule has 4 heterocycles. The smallest absolute Gasteiger partial charge is 0.283 e. The Kier molecular flexibility index (Phi) is 22.1. The molecule has 8 rings (SSSR count). The van der Waals surface area contributed by atoms with Gasteiger partial charge in [0.1, 0.15) is 49.2 Å². The molecular weight excluding hydrogens is 1080 g/mol. The molecule has 0 atom stereocenters. The van der Waals surface area contributed by atoms with E-state index in [9.17, 15) is 38.4 Å². The predicted molar refractivity (Wildman–Crippen MR) is 312 cm³/mol. The summed E-state index contributed by atoms with van der Waals surface area (Å²) >= 11 is 0. The van der Waals surface area contributed by atoms with E-state index in [1.807, 2.05) is 131 Å². The number of nitrogens with zero attached hydrogens (tertiary/aromatic N) is 6. The van der Waals surface area contributed by atoms with Crippen LogP contribution in [-0.4, -0.2) is 118 Å². The molecule has 0 saturated heterocycles. The molecule has 0 aliphatic carbocycles. The molecule has 8 aromatic rings. The van der Waals surface area contributed by atoms with Crippen LogP contribution in [-0.2, 0) is 26.4 Å². The summed E-state index contributed by atoms with van der Waals surface area (Å²) in [5.74, 6) is -2.32. The lowest BCUT2D eigenvalue weighted by Crippen LogP contribution is -2.46. The van der Waals surface area contributed by atoms with Crippen LogP contribution in [0.3, 0.4) is 0 Å². The predicted octanol–water partition coefficient (Wildman–Crippen LogP) is 2.47. The minimum Gasteiger partial charge on any atom is -0.405 e. The maximum Gasteiger partial charge on any atom is 0.283 e. The molecule has 0 unspecified atom stereocenters. The Morgan fingerprint density at radius 2 is 0.500 bits per heavy atom. The SMILES string of the molecule is O=C(NCCN(CCNC(=O)c1cccc(=O)n1OCc1ccccc1)CCN(CCNC(=O)c1cccc(=O)n1OCc1ccccc1)CCNC(=O)c1cccc(=O)n1OCc1ccccc1)c1cccc(=O)n1OCc1ccccc1. The average molecular weight is 1140 g/mol. The highest BCUT2D eigenvalue weighted by molar-refractivity contribution is 5.93. The zero-order chi connectivity index (χ0) is 58.9. The summed E-state index contributed by atoms with van der Waals surface area (Å²) in [4.78, 5) is 134. The minimum atomic E-state index is -0.580. The second-order valence-corrected chi connectivity index (χ2v) is 18.9. The van der Waals surface area contributed by atoms with Gasteiger partial charge < -0.3 is 40.6 Å². The molecular formula is C62H64N10O12. The van der Waals surface area contributed by atoms with Crippen molar-refractivity contribution in [3.8, 4) is 0 Å². The zero-order valence-corrected chi connectivity index (χ0v) is 46.0. The Bertz CT molecular complexity index is 3210. The third-order valence-electron chi connectivity index (χ3n) is 13.0. The van der Waals surface area contributed by atoms with Gasteiger partial charge in [0.25, 0.3) is 45.9 Å². The molecule has 22 heteroatoms. The summed E-state index contributed by atoms with van der Waals surface area (Å²) in [6.45, 7) is 1.91. The summed E-state index contributed by atoms with van der Waals surface area (Å²) in [7, 11) is 0. The molecule has 4 aromatic carbocycles. The first kappa shape index (κ1) is 59.8. The molecule has 4 amide bonds. The number of aromatic nitrogens is 4. The fraction of sp³-hybridized carbons (Fsp3) is 0.226. The molecule has 0 aliphatic rings. The van der Waals surface area contributed by atoms with Gasteiger partial charge in [-0.2, -0.15) is 0 Å². The largest absolute Gasteiger partial charge is 0.405 e. The van der Waals surface area contributed by atoms with E-state index >= 15 is 0 Å². The molecule has 0 spiro atoms. The maximum absolute atomic E-state index is 13.8. The number of hydrogen-bond donors (Lipinski definition) is 4. The van der Waals surface area contributed by atoms with E-state index < -0.39 is 45.9 Å². The maximum atomic E-state index is 13.8. The van der Waals surface area contributed by atoms with Crippen molar-refractivity contribution in [2.24, 2.45) is 0 Å². The van der Waals surface area contributed by atoms with E-state index in [1.54, 1.807) is 0 Å². The van der Waals surface area contributed by atoms with Gasteiger partial charge in [-0.3, -0.25) is 48.2 Å². The topological polar surface area (TPSA) is 248 Å². The van der Waals surface area contributed by atoms with E-state index in [-0.39, 0.29) is 102 Å². The molecule has 0 fully saturated rings. The summed E-state index contributed by atoms with van der Waals surface area (Å²) < 4.78 is 3.78. The van der Waals surface area contributed by atoms with Gasteiger partial charge in [-0.1, -0.05) is 146 Å². The Hall–Kier alpha value is -10.3. The fourth-order valence-electron chi connectivity index (χ4n) is 8.59. The summed E-state index contributed by atoms with van der Waals surface area (Å²) in [5, 5.41) is 11.5. The van der Waals surface area contributed by atoms with Crippen molar-refractivity contribution in [3.63, 3.8) is 0 Å². The van der Waals surface area contributed by atoms with Crippen LogP contribution in [0.15, 0.2) is 213 Å². The number of pyridine rings is 4. The third-order valence-corrected chi connectivity index (χ3v) is 13.0. The molecule has 0 saturated carbocycles. The van der Waals surface area contributed by atoms with Crippen LogP contribution < -0.4 is 62.9 Å². The van der Waals surface area contributed by atoms with Crippen molar-refractivity contribution in [3.05, 3.63) is 281 Å². The Balaban J connectivity index is 0.975. The number of carbonyl (C=O) groups is 4.